The second kappa shape index (κ2) is 6.15. The molecule has 0 spiro atoms. The third-order valence-electron chi connectivity index (χ3n) is 3.98. The maximum Gasteiger partial charge on any atom is 0.259 e. The Morgan fingerprint density at radius 2 is 1.96 bits per heavy atom. The Bertz CT molecular complexity index is 982. The Hall–Kier alpha value is -2.97. The van der Waals surface area contributed by atoms with Crippen LogP contribution >= 0.6 is 0 Å². The van der Waals surface area contributed by atoms with E-state index < -0.39 is 11.3 Å². The zero-order valence-electron chi connectivity index (χ0n) is 13.0. The van der Waals surface area contributed by atoms with Crippen LogP contribution in [0.3, 0.4) is 0 Å². The fraction of sp³-hybridized carbons (Fsp3) is 0.0588. The van der Waals surface area contributed by atoms with E-state index in [4.69, 9.17) is 4.55 Å². The van der Waals surface area contributed by atoms with Crippen molar-refractivity contribution in [2.75, 3.05) is 10.0 Å². The van der Waals surface area contributed by atoms with Gasteiger partial charge in [0, 0.05) is 23.1 Å². The first kappa shape index (κ1) is 15.6. The standard InChI is InChI=1S/C17H14N4O3S/c22-17-8-12-7-11(1-6-16(12)19-17)13-9-18-21(10-13)15-4-2-14(3-5-15)20-25(23)24/h1-7,9-10,20H,8H2,(H,19,22)(H,23,24). The number of benzene rings is 2. The average Bonchev–Trinajstić information content (AvgIpc) is 3.20. The molecule has 126 valence electrons. The van der Waals surface area contributed by atoms with Crippen LogP contribution in [0.4, 0.5) is 11.4 Å². The quantitative estimate of drug-likeness (QED) is 0.628. The molecule has 1 amide bonds. The molecule has 1 aromatic heterocycles. The van der Waals surface area contributed by atoms with E-state index in [1.807, 2.05) is 24.4 Å². The first-order valence-electron chi connectivity index (χ1n) is 7.54. The smallest absolute Gasteiger partial charge is 0.259 e. The van der Waals surface area contributed by atoms with Gasteiger partial charge in [0.25, 0.3) is 11.3 Å². The summed E-state index contributed by atoms with van der Waals surface area (Å²) in [5.41, 5.74) is 5.18. The van der Waals surface area contributed by atoms with Gasteiger partial charge in [0.1, 0.15) is 0 Å². The molecule has 4 rings (SSSR count). The van der Waals surface area contributed by atoms with Crippen LogP contribution in [0.1, 0.15) is 5.56 Å². The topological polar surface area (TPSA) is 96.2 Å². The minimum Gasteiger partial charge on any atom is -0.326 e. The first-order chi connectivity index (χ1) is 12.1. The number of rotatable bonds is 4. The Labute approximate surface area is 146 Å². The number of carbonyl (C=O) groups excluding carboxylic acids is 1. The van der Waals surface area contributed by atoms with E-state index in [1.54, 1.807) is 35.1 Å². The van der Waals surface area contributed by atoms with Gasteiger partial charge in [-0.25, -0.2) is 8.89 Å². The van der Waals surface area contributed by atoms with Crippen molar-refractivity contribution in [3.8, 4) is 16.8 Å². The monoisotopic (exact) mass is 354 g/mol. The molecule has 8 heteroatoms. The molecule has 0 fully saturated rings. The molecule has 3 N–H and O–H groups in total. The highest BCUT2D eigenvalue weighted by Gasteiger charge is 2.18. The summed E-state index contributed by atoms with van der Waals surface area (Å²) in [6, 6.07) is 12.9. The second-order valence-corrected chi connectivity index (χ2v) is 6.37. The number of carbonyl (C=O) groups is 1. The lowest BCUT2D eigenvalue weighted by Gasteiger charge is -2.04. The third-order valence-corrected chi connectivity index (χ3v) is 4.39. The normalized spacial score (nSPS) is 14.0. The summed E-state index contributed by atoms with van der Waals surface area (Å²) in [7, 11) is 0. The first-order valence-corrected chi connectivity index (χ1v) is 8.65. The molecule has 0 bridgehead atoms. The fourth-order valence-corrected chi connectivity index (χ4v) is 3.14. The van der Waals surface area contributed by atoms with Crippen molar-refractivity contribution < 1.29 is 13.6 Å². The molecule has 1 atom stereocenters. The van der Waals surface area contributed by atoms with Crippen LogP contribution < -0.4 is 10.0 Å². The van der Waals surface area contributed by atoms with Gasteiger partial charge in [-0.05, 0) is 47.5 Å². The third kappa shape index (κ3) is 3.17. The van der Waals surface area contributed by atoms with Gasteiger partial charge >= 0.3 is 0 Å². The zero-order chi connectivity index (χ0) is 17.4. The molecule has 2 heterocycles. The molecule has 1 aliphatic rings. The highest BCUT2D eigenvalue weighted by atomic mass is 32.2. The minimum atomic E-state index is -2.09. The number of nitrogens with zero attached hydrogens (tertiary/aromatic N) is 2. The van der Waals surface area contributed by atoms with E-state index in [-0.39, 0.29) is 5.91 Å². The van der Waals surface area contributed by atoms with Gasteiger partial charge in [0.2, 0.25) is 5.91 Å². The Morgan fingerprint density at radius 1 is 1.16 bits per heavy atom. The van der Waals surface area contributed by atoms with E-state index in [0.717, 1.165) is 28.1 Å². The van der Waals surface area contributed by atoms with Crippen LogP contribution in [0, 0.1) is 0 Å². The predicted molar refractivity (Wildman–Crippen MR) is 95.7 cm³/mol. The molecule has 2 aromatic carbocycles. The summed E-state index contributed by atoms with van der Waals surface area (Å²) in [5.74, 6) is 0.0142. The van der Waals surface area contributed by atoms with Gasteiger partial charge in [-0.2, -0.15) is 5.10 Å². The number of hydrogen-bond donors (Lipinski definition) is 3. The average molecular weight is 354 g/mol. The Balaban J connectivity index is 1.59. The van der Waals surface area contributed by atoms with Crippen molar-refractivity contribution in [3.63, 3.8) is 0 Å². The summed E-state index contributed by atoms with van der Waals surface area (Å²) < 4.78 is 23.7. The lowest BCUT2D eigenvalue weighted by Crippen LogP contribution is -2.03. The molecule has 0 saturated carbocycles. The molecule has 7 nitrogen and oxygen atoms in total. The highest BCUT2D eigenvalue weighted by molar-refractivity contribution is 7.80. The maximum absolute atomic E-state index is 11.5. The van der Waals surface area contributed by atoms with Crippen molar-refractivity contribution in [1.29, 1.82) is 0 Å². The van der Waals surface area contributed by atoms with Crippen molar-refractivity contribution in [2.24, 2.45) is 0 Å². The Morgan fingerprint density at radius 3 is 2.72 bits per heavy atom. The largest absolute Gasteiger partial charge is 0.326 e. The number of nitrogens with one attached hydrogen (secondary N) is 2. The highest BCUT2D eigenvalue weighted by Crippen LogP contribution is 2.29. The molecule has 1 aliphatic heterocycles. The van der Waals surface area contributed by atoms with Gasteiger partial charge in [0.05, 0.1) is 18.3 Å². The molecular formula is C17H14N4O3S. The molecule has 0 saturated heterocycles. The van der Waals surface area contributed by atoms with E-state index in [9.17, 15) is 9.00 Å². The summed E-state index contributed by atoms with van der Waals surface area (Å²) in [4.78, 5) is 11.5. The summed E-state index contributed by atoms with van der Waals surface area (Å²) in [6.07, 6.45) is 4.07. The molecule has 1 unspecified atom stereocenters. The number of anilines is 2. The van der Waals surface area contributed by atoms with Crippen LogP contribution in [-0.2, 0) is 22.5 Å². The zero-order valence-corrected chi connectivity index (χ0v) is 13.8. The number of amides is 1. The van der Waals surface area contributed by atoms with Crippen LogP contribution in [0.2, 0.25) is 0 Å². The van der Waals surface area contributed by atoms with Gasteiger partial charge < -0.3 is 5.32 Å². The van der Waals surface area contributed by atoms with Crippen LogP contribution in [0.25, 0.3) is 16.8 Å². The predicted octanol–water partition coefficient (Wildman–Crippen LogP) is 2.58. The number of hydrogen-bond acceptors (Lipinski definition) is 3. The molecule has 3 aromatic rings. The van der Waals surface area contributed by atoms with E-state index in [0.29, 0.717) is 12.1 Å². The molecule has 0 aliphatic carbocycles. The SMILES string of the molecule is O=C1Cc2cc(-c3cnn(-c4ccc(NS(=O)O)cc4)c3)ccc2N1. The Kier molecular flexibility index (Phi) is 3.83. The van der Waals surface area contributed by atoms with Crippen LogP contribution in [-0.4, -0.2) is 24.4 Å². The summed E-state index contributed by atoms with van der Waals surface area (Å²) in [6.45, 7) is 0. The minimum absolute atomic E-state index is 0.0142. The van der Waals surface area contributed by atoms with Gasteiger partial charge in [0.15, 0.2) is 0 Å². The molecule has 0 radical (unpaired) electrons. The van der Waals surface area contributed by atoms with Crippen molar-refractivity contribution >= 4 is 28.5 Å². The van der Waals surface area contributed by atoms with Crippen molar-refractivity contribution in [3.05, 3.63) is 60.4 Å². The molecule has 25 heavy (non-hydrogen) atoms. The van der Waals surface area contributed by atoms with Gasteiger partial charge in [-0.3, -0.25) is 14.1 Å². The van der Waals surface area contributed by atoms with Gasteiger partial charge in [-0.15, -0.1) is 0 Å². The maximum atomic E-state index is 11.5. The lowest BCUT2D eigenvalue weighted by atomic mass is 10.0. The van der Waals surface area contributed by atoms with Crippen LogP contribution in [0.15, 0.2) is 54.9 Å². The van der Waals surface area contributed by atoms with Gasteiger partial charge in [-0.1, -0.05) is 6.07 Å². The van der Waals surface area contributed by atoms with Crippen LogP contribution in [0.5, 0.6) is 0 Å². The van der Waals surface area contributed by atoms with Crippen molar-refractivity contribution in [2.45, 2.75) is 6.42 Å². The lowest BCUT2D eigenvalue weighted by molar-refractivity contribution is -0.115. The fourth-order valence-electron chi connectivity index (χ4n) is 2.80. The number of aromatic nitrogens is 2. The van der Waals surface area contributed by atoms with Crippen molar-refractivity contribution in [1.82, 2.24) is 9.78 Å². The van der Waals surface area contributed by atoms with E-state index in [1.165, 1.54) is 0 Å². The second-order valence-electron chi connectivity index (χ2n) is 5.67. The van der Waals surface area contributed by atoms with E-state index in [2.05, 4.69) is 15.1 Å². The van der Waals surface area contributed by atoms with E-state index >= 15 is 0 Å². The summed E-state index contributed by atoms with van der Waals surface area (Å²) >= 11 is -2.09. The summed E-state index contributed by atoms with van der Waals surface area (Å²) in [5, 5.41) is 7.19. The molecular weight excluding hydrogens is 340 g/mol. The number of fused-ring (bicyclic) bond motifs is 1.